The molecule has 0 saturated carbocycles. The summed E-state index contributed by atoms with van der Waals surface area (Å²) in [6, 6.07) is 5.39. The molecule has 0 aliphatic heterocycles. The lowest BCUT2D eigenvalue weighted by Gasteiger charge is -2.12. The molecule has 3 heterocycles. The number of rotatable bonds is 4. The molecule has 0 spiro atoms. The van der Waals surface area contributed by atoms with Gasteiger partial charge < -0.3 is 15.7 Å². The van der Waals surface area contributed by atoms with E-state index in [1.165, 1.54) is 0 Å². The van der Waals surface area contributed by atoms with Crippen molar-refractivity contribution in [1.29, 1.82) is 0 Å². The zero-order valence-corrected chi connectivity index (χ0v) is 15.5. The van der Waals surface area contributed by atoms with Crippen LogP contribution in [0.15, 0.2) is 30.6 Å². The minimum absolute atomic E-state index is 0.237. The lowest BCUT2D eigenvalue weighted by molar-refractivity contribution is 0.471. The van der Waals surface area contributed by atoms with Gasteiger partial charge in [-0.15, -0.1) is 0 Å². The number of fused-ring (bicyclic) bond motifs is 1. The molecule has 4 aromatic rings. The van der Waals surface area contributed by atoms with Crippen molar-refractivity contribution in [1.82, 2.24) is 29.5 Å². The highest BCUT2D eigenvalue weighted by Crippen LogP contribution is 2.32. The number of aryl methyl sites for hydroxylation is 3. The van der Waals surface area contributed by atoms with Crippen LogP contribution < -0.4 is 10.6 Å². The van der Waals surface area contributed by atoms with E-state index in [1.807, 2.05) is 46.3 Å². The van der Waals surface area contributed by atoms with Crippen molar-refractivity contribution in [2.24, 2.45) is 14.1 Å². The molecule has 138 valence electrons. The lowest BCUT2D eigenvalue weighted by atomic mass is 10.1. The van der Waals surface area contributed by atoms with Gasteiger partial charge in [0, 0.05) is 43.8 Å². The first kappa shape index (κ1) is 16.8. The first-order valence-corrected chi connectivity index (χ1v) is 8.45. The van der Waals surface area contributed by atoms with Gasteiger partial charge in [0.15, 0.2) is 17.3 Å². The van der Waals surface area contributed by atoms with Gasteiger partial charge in [0.25, 0.3) is 0 Å². The number of nitrogens with one attached hydrogen (secondary N) is 2. The smallest absolute Gasteiger partial charge is 0.230 e. The average Bonchev–Trinajstić information content (AvgIpc) is 3.18. The molecule has 0 amide bonds. The second-order valence-electron chi connectivity index (χ2n) is 6.43. The number of aromatic hydroxyl groups is 1. The third kappa shape index (κ3) is 3.03. The Balaban J connectivity index is 1.70. The molecule has 0 fully saturated rings. The van der Waals surface area contributed by atoms with E-state index in [0.717, 1.165) is 22.2 Å². The van der Waals surface area contributed by atoms with Crippen LogP contribution in [-0.4, -0.2) is 34.6 Å². The van der Waals surface area contributed by atoms with Crippen molar-refractivity contribution in [3.8, 4) is 5.75 Å². The maximum Gasteiger partial charge on any atom is 0.230 e. The van der Waals surface area contributed by atoms with E-state index in [2.05, 4.69) is 30.8 Å². The van der Waals surface area contributed by atoms with E-state index in [9.17, 15) is 5.11 Å². The number of phenolic OH excluding ortho intramolecular Hbond substituents is 1. The highest BCUT2D eigenvalue weighted by Gasteiger charge is 2.15. The summed E-state index contributed by atoms with van der Waals surface area (Å²) in [6.07, 6.45) is 3.56. The van der Waals surface area contributed by atoms with Gasteiger partial charge in [0.1, 0.15) is 5.75 Å². The summed E-state index contributed by atoms with van der Waals surface area (Å²) in [4.78, 5) is 8.92. The first-order chi connectivity index (χ1) is 12.9. The number of anilines is 4. The molecule has 0 aliphatic carbocycles. The average molecular weight is 364 g/mol. The van der Waals surface area contributed by atoms with Crippen molar-refractivity contribution >= 4 is 34.3 Å². The van der Waals surface area contributed by atoms with Crippen LogP contribution in [0.2, 0.25) is 0 Å². The van der Waals surface area contributed by atoms with Crippen LogP contribution in [0, 0.1) is 13.8 Å². The van der Waals surface area contributed by atoms with E-state index in [-0.39, 0.29) is 5.75 Å². The summed E-state index contributed by atoms with van der Waals surface area (Å²) in [5.74, 6) is 1.99. The Morgan fingerprint density at radius 3 is 2.59 bits per heavy atom. The maximum atomic E-state index is 9.99. The van der Waals surface area contributed by atoms with Crippen molar-refractivity contribution < 1.29 is 5.11 Å². The zero-order chi connectivity index (χ0) is 19.1. The zero-order valence-electron chi connectivity index (χ0n) is 15.5. The molecule has 0 bridgehead atoms. The number of phenols is 1. The SMILES string of the molecule is Cc1ccc(O)c(C)c1Nc1nn(C)c2nc(Nc3ccn(C)n3)ncc12. The third-order valence-electron chi connectivity index (χ3n) is 4.42. The standard InChI is InChI=1S/C18H20N8O/c1-10-5-6-13(27)11(2)15(10)21-16-12-9-19-18(22-17(12)26(4)24-16)20-14-7-8-25(3)23-14/h5-9,27H,1-4H3,(H,21,24)(H,19,20,22,23). The Kier molecular flexibility index (Phi) is 3.91. The van der Waals surface area contributed by atoms with E-state index in [1.54, 1.807) is 21.6 Å². The van der Waals surface area contributed by atoms with Crippen LogP contribution in [0.1, 0.15) is 11.1 Å². The summed E-state index contributed by atoms with van der Waals surface area (Å²) >= 11 is 0. The Bertz CT molecular complexity index is 1140. The van der Waals surface area contributed by atoms with Crippen LogP contribution >= 0.6 is 0 Å². The number of benzene rings is 1. The summed E-state index contributed by atoms with van der Waals surface area (Å²) in [6.45, 7) is 3.84. The second kappa shape index (κ2) is 6.27. The van der Waals surface area contributed by atoms with E-state index in [4.69, 9.17) is 0 Å². The second-order valence-corrected chi connectivity index (χ2v) is 6.43. The summed E-state index contributed by atoms with van der Waals surface area (Å²) in [5.41, 5.74) is 3.29. The van der Waals surface area contributed by atoms with Crippen LogP contribution in [0.3, 0.4) is 0 Å². The number of hydrogen-bond acceptors (Lipinski definition) is 7. The molecule has 0 saturated heterocycles. The molecule has 9 heteroatoms. The van der Waals surface area contributed by atoms with E-state index >= 15 is 0 Å². The van der Waals surface area contributed by atoms with Crippen molar-refractivity contribution in [3.05, 3.63) is 41.7 Å². The van der Waals surface area contributed by atoms with Gasteiger partial charge >= 0.3 is 0 Å². The minimum atomic E-state index is 0.237. The Morgan fingerprint density at radius 1 is 1.04 bits per heavy atom. The fraction of sp³-hybridized carbons (Fsp3) is 0.222. The van der Waals surface area contributed by atoms with E-state index < -0.39 is 0 Å². The van der Waals surface area contributed by atoms with Crippen molar-refractivity contribution in [2.75, 3.05) is 10.6 Å². The molecule has 27 heavy (non-hydrogen) atoms. The lowest BCUT2D eigenvalue weighted by Crippen LogP contribution is -2.00. The molecular formula is C18H20N8O. The predicted octanol–water partition coefficient (Wildman–Crippen LogP) is 2.91. The number of hydrogen-bond donors (Lipinski definition) is 3. The van der Waals surface area contributed by atoms with Gasteiger partial charge in [0.2, 0.25) is 5.95 Å². The number of nitrogens with zero attached hydrogens (tertiary/aromatic N) is 6. The Hall–Kier alpha value is -3.62. The van der Waals surface area contributed by atoms with Gasteiger partial charge in [0.05, 0.1) is 5.39 Å². The Labute approximate surface area is 155 Å². The van der Waals surface area contributed by atoms with E-state index in [0.29, 0.717) is 23.2 Å². The molecule has 4 rings (SSSR count). The summed E-state index contributed by atoms with van der Waals surface area (Å²) < 4.78 is 3.39. The molecular weight excluding hydrogens is 344 g/mol. The molecule has 3 N–H and O–H groups in total. The van der Waals surface area contributed by atoms with Gasteiger partial charge in [-0.25, -0.2) is 9.67 Å². The predicted molar refractivity (Wildman–Crippen MR) is 104 cm³/mol. The van der Waals surface area contributed by atoms with Gasteiger partial charge in [-0.2, -0.15) is 15.2 Å². The quantitative estimate of drug-likeness (QED) is 0.511. The van der Waals surface area contributed by atoms with Gasteiger partial charge in [-0.05, 0) is 25.5 Å². The molecule has 9 nitrogen and oxygen atoms in total. The third-order valence-corrected chi connectivity index (χ3v) is 4.42. The molecule has 0 aliphatic rings. The fourth-order valence-electron chi connectivity index (χ4n) is 2.93. The van der Waals surface area contributed by atoms with Crippen LogP contribution in [-0.2, 0) is 14.1 Å². The Morgan fingerprint density at radius 2 is 1.85 bits per heavy atom. The maximum absolute atomic E-state index is 9.99. The van der Waals surface area contributed by atoms with Gasteiger partial charge in [-0.1, -0.05) is 6.07 Å². The highest BCUT2D eigenvalue weighted by atomic mass is 16.3. The molecule has 1 aromatic carbocycles. The number of aromatic nitrogens is 6. The van der Waals surface area contributed by atoms with Crippen LogP contribution in [0.25, 0.3) is 11.0 Å². The molecule has 0 radical (unpaired) electrons. The van der Waals surface area contributed by atoms with Crippen molar-refractivity contribution in [2.45, 2.75) is 13.8 Å². The van der Waals surface area contributed by atoms with Crippen molar-refractivity contribution in [3.63, 3.8) is 0 Å². The first-order valence-electron chi connectivity index (χ1n) is 8.45. The normalized spacial score (nSPS) is 11.1. The monoisotopic (exact) mass is 364 g/mol. The summed E-state index contributed by atoms with van der Waals surface area (Å²) in [5, 5.41) is 26.0. The summed E-state index contributed by atoms with van der Waals surface area (Å²) in [7, 11) is 3.67. The molecule has 0 unspecified atom stereocenters. The largest absolute Gasteiger partial charge is 0.508 e. The van der Waals surface area contributed by atoms with Crippen LogP contribution in [0.4, 0.5) is 23.3 Å². The fourth-order valence-corrected chi connectivity index (χ4v) is 2.93. The highest BCUT2D eigenvalue weighted by molar-refractivity contribution is 5.90. The topological polar surface area (TPSA) is 106 Å². The molecule has 0 atom stereocenters. The van der Waals surface area contributed by atoms with Crippen LogP contribution in [0.5, 0.6) is 5.75 Å². The van der Waals surface area contributed by atoms with Gasteiger partial charge in [-0.3, -0.25) is 4.68 Å². The minimum Gasteiger partial charge on any atom is -0.508 e. The molecule has 3 aromatic heterocycles.